The third-order valence-electron chi connectivity index (χ3n) is 3.88. The number of nitrogens with zero attached hydrogens (tertiary/aromatic N) is 3. The van der Waals surface area contributed by atoms with Crippen molar-refractivity contribution in [3.05, 3.63) is 52.3 Å². The van der Waals surface area contributed by atoms with Crippen LogP contribution in [0.4, 0.5) is 5.95 Å². The van der Waals surface area contributed by atoms with Gasteiger partial charge in [0.1, 0.15) is 5.69 Å². The van der Waals surface area contributed by atoms with E-state index in [2.05, 4.69) is 22.2 Å². The summed E-state index contributed by atoms with van der Waals surface area (Å²) in [6.07, 6.45) is 2.87. The summed E-state index contributed by atoms with van der Waals surface area (Å²) < 4.78 is 0. The van der Waals surface area contributed by atoms with E-state index in [9.17, 15) is 4.79 Å². The fourth-order valence-electron chi connectivity index (χ4n) is 2.42. The molecule has 134 valence electrons. The van der Waals surface area contributed by atoms with Gasteiger partial charge in [0.25, 0.3) is 5.91 Å². The van der Waals surface area contributed by atoms with Gasteiger partial charge in [0.05, 0.1) is 0 Å². The number of aryl methyl sites for hydroxylation is 1. The minimum atomic E-state index is -0.0697. The molecule has 0 atom stereocenters. The fourth-order valence-corrected chi connectivity index (χ4v) is 2.55. The zero-order chi connectivity index (χ0) is 18.2. The van der Waals surface area contributed by atoms with Gasteiger partial charge < -0.3 is 10.2 Å². The Bertz CT molecular complexity index is 703. The van der Waals surface area contributed by atoms with Crippen LogP contribution >= 0.6 is 11.6 Å². The molecule has 0 bridgehead atoms. The van der Waals surface area contributed by atoms with Gasteiger partial charge >= 0.3 is 0 Å². The molecule has 25 heavy (non-hydrogen) atoms. The number of nitrogens with one attached hydrogen (secondary N) is 1. The quantitative estimate of drug-likeness (QED) is 0.774. The molecule has 0 saturated heterocycles. The molecule has 0 spiro atoms. The maximum Gasteiger partial charge on any atom is 0.272 e. The highest BCUT2D eigenvalue weighted by Gasteiger charge is 2.14. The van der Waals surface area contributed by atoms with Crippen LogP contribution in [0.5, 0.6) is 0 Å². The molecule has 0 radical (unpaired) electrons. The molecular formula is C19H25ClN4O. The van der Waals surface area contributed by atoms with Crippen molar-refractivity contribution in [2.45, 2.75) is 33.1 Å². The predicted molar refractivity (Wildman–Crippen MR) is 102 cm³/mol. The van der Waals surface area contributed by atoms with Crippen LogP contribution < -0.4 is 5.32 Å². The SMILES string of the molecule is CCCCN(C)C(=O)c1cc(C)nc(NCCc2ccc(Cl)cc2)n1. The molecule has 1 aromatic heterocycles. The third kappa shape index (κ3) is 6.02. The van der Waals surface area contributed by atoms with Crippen molar-refractivity contribution in [3.8, 4) is 0 Å². The van der Waals surface area contributed by atoms with Crippen molar-refractivity contribution in [3.63, 3.8) is 0 Å². The van der Waals surface area contributed by atoms with Crippen molar-refractivity contribution in [1.29, 1.82) is 0 Å². The lowest BCUT2D eigenvalue weighted by atomic mass is 10.1. The Balaban J connectivity index is 1.98. The summed E-state index contributed by atoms with van der Waals surface area (Å²) in [4.78, 5) is 22.9. The van der Waals surface area contributed by atoms with E-state index in [1.165, 1.54) is 5.56 Å². The number of halogens is 1. The lowest BCUT2D eigenvalue weighted by molar-refractivity contribution is 0.0787. The molecule has 6 heteroatoms. The van der Waals surface area contributed by atoms with Crippen LogP contribution in [0.15, 0.2) is 30.3 Å². The van der Waals surface area contributed by atoms with Gasteiger partial charge in [-0.3, -0.25) is 4.79 Å². The molecule has 5 nitrogen and oxygen atoms in total. The number of unbranched alkanes of at least 4 members (excludes halogenated alkanes) is 1. The largest absolute Gasteiger partial charge is 0.354 e. The molecule has 1 aromatic carbocycles. The van der Waals surface area contributed by atoms with E-state index in [1.54, 1.807) is 11.0 Å². The van der Waals surface area contributed by atoms with Crippen molar-refractivity contribution in [2.75, 3.05) is 25.5 Å². The van der Waals surface area contributed by atoms with Gasteiger partial charge in [-0.05, 0) is 43.5 Å². The van der Waals surface area contributed by atoms with Gasteiger partial charge in [0.15, 0.2) is 0 Å². The number of carbonyl (C=O) groups excluding carboxylic acids is 1. The van der Waals surface area contributed by atoms with Crippen LogP contribution in [-0.4, -0.2) is 40.9 Å². The second-order valence-electron chi connectivity index (χ2n) is 6.10. The fraction of sp³-hybridized carbons (Fsp3) is 0.421. The smallest absolute Gasteiger partial charge is 0.272 e. The maximum atomic E-state index is 12.5. The lowest BCUT2D eigenvalue weighted by Crippen LogP contribution is -2.29. The number of hydrogen-bond acceptors (Lipinski definition) is 4. The number of amides is 1. The lowest BCUT2D eigenvalue weighted by Gasteiger charge is -2.17. The highest BCUT2D eigenvalue weighted by molar-refractivity contribution is 6.30. The molecule has 0 fully saturated rings. The summed E-state index contributed by atoms with van der Waals surface area (Å²) >= 11 is 5.89. The van der Waals surface area contributed by atoms with Crippen LogP contribution in [0.1, 0.15) is 41.5 Å². The van der Waals surface area contributed by atoms with E-state index in [0.717, 1.165) is 36.5 Å². The molecule has 1 heterocycles. The monoisotopic (exact) mass is 360 g/mol. The summed E-state index contributed by atoms with van der Waals surface area (Å²) in [6, 6.07) is 9.48. The second kappa shape index (κ2) is 9.37. The van der Waals surface area contributed by atoms with Gasteiger partial charge in [-0.1, -0.05) is 37.1 Å². The molecule has 1 N–H and O–H groups in total. The summed E-state index contributed by atoms with van der Waals surface area (Å²) in [5.74, 6) is 0.418. The first-order chi connectivity index (χ1) is 12.0. The minimum Gasteiger partial charge on any atom is -0.354 e. The summed E-state index contributed by atoms with van der Waals surface area (Å²) in [5, 5.41) is 3.93. The third-order valence-corrected chi connectivity index (χ3v) is 4.13. The van der Waals surface area contributed by atoms with E-state index < -0.39 is 0 Å². The molecule has 0 saturated carbocycles. The number of rotatable bonds is 8. The second-order valence-corrected chi connectivity index (χ2v) is 6.54. The van der Waals surface area contributed by atoms with Gasteiger partial charge in [-0.2, -0.15) is 0 Å². The molecule has 2 rings (SSSR count). The first-order valence-corrected chi connectivity index (χ1v) is 8.97. The number of benzene rings is 1. The van der Waals surface area contributed by atoms with E-state index >= 15 is 0 Å². The standard InChI is InChI=1S/C19H25ClN4O/c1-4-5-12-24(3)18(25)17-13-14(2)22-19(23-17)21-11-10-15-6-8-16(20)9-7-15/h6-9,13H,4-5,10-12H2,1-3H3,(H,21,22,23). The van der Waals surface area contributed by atoms with E-state index in [0.29, 0.717) is 18.2 Å². The minimum absolute atomic E-state index is 0.0697. The topological polar surface area (TPSA) is 58.1 Å². The normalized spacial score (nSPS) is 10.6. The Morgan fingerprint density at radius 3 is 2.64 bits per heavy atom. The van der Waals surface area contributed by atoms with Crippen molar-refractivity contribution >= 4 is 23.5 Å². The Labute approximate surface area is 154 Å². The van der Waals surface area contributed by atoms with Crippen molar-refractivity contribution in [1.82, 2.24) is 14.9 Å². The molecular weight excluding hydrogens is 336 g/mol. The highest BCUT2D eigenvalue weighted by Crippen LogP contribution is 2.11. The number of anilines is 1. The molecule has 0 unspecified atom stereocenters. The predicted octanol–water partition coefficient (Wildman–Crippen LogP) is 3.97. The van der Waals surface area contributed by atoms with Crippen LogP contribution in [0, 0.1) is 6.92 Å². The van der Waals surface area contributed by atoms with Crippen LogP contribution in [0.2, 0.25) is 5.02 Å². The Hall–Kier alpha value is -2.14. The summed E-state index contributed by atoms with van der Waals surface area (Å²) in [5.41, 5.74) is 2.39. The zero-order valence-corrected chi connectivity index (χ0v) is 15.8. The molecule has 0 aliphatic carbocycles. The Morgan fingerprint density at radius 1 is 1.24 bits per heavy atom. The number of hydrogen-bond donors (Lipinski definition) is 1. The van der Waals surface area contributed by atoms with Gasteiger partial charge in [0, 0.05) is 30.9 Å². The first-order valence-electron chi connectivity index (χ1n) is 8.59. The van der Waals surface area contributed by atoms with Gasteiger partial charge in [-0.25, -0.2) is 9.97 Å². The average molecular weight is 361 g/mol. The maximum absolute atomic E-state index is 12.5. The number of carbonyl (C=O) groups is 1. The van der Waals surface area contributed by atoms with Crippen LogP contribution in [0.25, 0.3) is 0 Å². The average Bonchev–Trinajstić information content (AvgIpc) is 2.60. The van der Waals surface area contributed by atoms with Crippen molar-refractivity contribution < 1.29 is 4.79 Å². The van der Waals surface area contributed by atoms with E-state index in [-0.39, 0.29) is 5.91 Å². The Kier molecular flexibility index (Phi) is 7.19. The summed E-state index contributed by atoms with van der Waals surface area (Å²) in [6.45, 7) is 5.40. The van der Waals surface area contributed by atoms with Crippen LogP contribution in [0.3, 0.4) is 0 Å². The first kappa shape index (κ1) is 19.2. The molecule has 0 aliphatic heterocycles. The van der Waals surface area contributed by atoms with Crippen LogP contribution in [-0.2, 0) is 6.42 Å². The number of aromatic nitrogens is 2. The zero-order valence-electron chi connectivity index (χ0n) is 15.1. The van der Waals surface area contributed by atoms with Gasteiger partial charge in [-0.15, -0.1) is 0 Å². The highest BCUT2D eigenvalue weighted by atomic mass is 35.5. The molecule has 2 aromatic rings. The summed E-state index contributed by atoms with van der Waals surface area (Å²) in [7, 11) is 1.81. The molecule has 0 aliphatic rings. The molecule has 1 amide bonds. The van der Waals surface area contributed by atoms with Crippen molar-refractivity contribution in [2.24, 2.45) is 0 Å². The van der Waals surface area contributed by atoms with E-state index in [1.807, 2.05) is 38.2 Å². The Morgan fingerprint density at radius 2 is 1.96 bits per heavy atom. The van der Waals surface area contributed by atoms with E-state index in [4.69, 9.17) is 11.6 Å². The van der Waals surface area contributed by atoms with Gasteiger partial charge in [0.2, 0.25) is 5.95 Å².